The van der Waals surface area contributed by atoms with Crippen LogP contribution < -0.4 is 16.0 Å². The summed E-state index contributed by atoms with van der Waals surface area (Å²) in [6.45, 7) is 4.14. The molecule has 180 valence electrons. The lowest BCUT2D eigenvalue weighted by Gasteiger charge is -2.26. The minimum absolute atomic E-state index is 0. The van der Waals surface area contributed by atoms with Crippen molar-refractivity contribution in [1.29, 1.82) is 0 Å². The van der Waals surface area contributed by atoms with Crippen molar-refractivity contribution >= 4 is 41.5 Å². The van der Waals surface area contributed by atoms with Gasteiger partial charge in [-0.05, 0) is 68.6 Å². The van der Waals surface area contributed by atoms with Crippen LogP contribution in [-0.4, -0.2) is 56.2 Å². The molecule has 2 aliphatic heterocycles. The summed E-state index contributed by atoms with van der Waals surface area (Å²) in [5, 5.41) is 9.76. The van der Waals surface area contributed by atoms with Gasteiger partial charge in [-0.25, -0.2) is 0 Å². The zero-order chi connectivity index (χ0) is 22.2. The SMILES string of the molecule is CN=C(NCc1cccc(NC(=O)C2CCCO2)c1)NCC(c1ccco1)N1CCCC1.I. The van der Waals surface area contributed by atoms with Gasteiger partial charge in [-0.1, -0.05) is 12.1 Å². The van der Waals surface area contributed by atoms with Gasteiger partial charge < -0.3 is 25.1 Å². The Bertz CT molecular complexity index is 893. The highest BCUT2D eigenvalue weighted by Gasteiger charge is 2.26. The van der Waals surface area contributed by atoms with Crippen molar-refractivity contribution in [3.05, 3.63) is 54.0 Å². The molecule has 0 aliphatic carbocycles. The first kappa shape index (κ1) is 25.5. The van der Waals surface area contributed by atoms with Crippen molar-refractivity contribution in [3.63, 3.8) is 0 Å². The van der Waals surface area contributed by atoms with Crippen molar-refractivity contribution in [2.75, 3.05) is 38.6 Å². The van der Waals surface area contributed by atoms with Crippen molar-refractivity contribution < 1.29 is 13.9 Å². The summed E-state index contributed by atoms with van der Waals surface area (Å²) >= 11 is 0. The number of halogens is 1. The van der Waals surface area contributed by atoms with E-state index in [4.69, 9.17) is 9.15 Å². The number of hydrogen-bond acceptors (Lipinski definition) is 5. The number of benzene rings is 1. The zero-order valence-electron chi connectivity index (χ0n) is 19.1. The minimum Gasteiger partial charge on any atom is -0.468 e. The van der Waals surface area contributed by atoms with Gasteiger partial charge in [-0.15, -0.1) is 24.0 Å². The van der Waals surface area contributed by atoms with Gasteiger partial charge in [0, 0.05) is 32.4 Å². The molecule has 9 heteroatoms. The molecule has 2 fully saturated rings. The number of likely N-dealkylation sites (tertiary alicyclic amines) is 1. The highest BCUT2D eigenvalue weighted by atomic mass is 127. The Morgan fingerprint density at radius 3 is 2.73 bits per heavy atom. The molecule has 2 atom stereocenters. The smallest absolute Gasteiger partial charge is 0.253 e. The molecule has 1 amide bonds. The van der Waals surface area contributed by atoms with E-state index in [0.717, 1.165) is 48.9 Å². The molecule has 2 aromatic rings. The molecular formula is C24H34IN5O3. The van der Waals surface area contributed by atoms with E-state index in [0.29, 0.717) is 19.7 Å². The zero-order valence-corrected chi connectivity index (χ0v) is 21.4. The van der Waals surface area contributed by atoms with E-state index < -0.39 is 0 Å². The Hall–Kier alpha value is -2.11. The van der Waals surface area contributed by atoms with Gasteiger partial charge in [-0.2, -0.15) is 0 Å². The number of guanidine groups is 1. The number of rotatable bonds is 8. The number of aliphatic imine (C=N–C) groups is 1. The number of carbonyl (C=O) groups is 1. The van der Waals surface area contributed by atoms with E-state index in [1.165, 1.54) is 12.8 Å². The third-order valence-corrected chi connectivity index (χ3v) is 6.02. The van der Waals surface area contributed by atoms with E-state index in [1.807, 2.05) is 36.4 Å². The van der Waals surface area contributed by atoms with Crippen molar-refractivity contribution in [2.45, 2.75) is 44.4 Å². The van der Waals surface area contributed by atoms with Crippen molar-refractivity contribution in [2.24, 2.45) is 4.99 Å². The van der Waals surface area contributed by atoms with E-state index >= 15 is 0 Å². The van der Waals surface area contributed by atoms with Crippen molar-refractivity contribution in [1.82, 2.24) is 15.5 Å². The first-order chi connectivity index (χ1) is 15.7. The second kappa shape index (κ2) is 13.0. The van der Waals surface area contributed by atoms with Crippen LogP contribution in [0.25, 0.3) is 0 Å². The highest BCUT2D eigenvalue weighted by molar-refractivity contribution is 14.0. The second-order valence-electron chi connectivity index (χ2n) is 8.27. The van der Waals surface area contributed by atoms with Crippen LogP contribution in [0.1, 0.15) is 43.0 Å². The van der Waals surface area contributed by atoms with E-state index in [9.17, 15) is 4.79 Å². The first-order valence-corrected chi connectivity index (χ1v) is 11.5. The highest BCUT2D eigenvalue weighted by Crippen LogP contribution is 2.24. The number of anilines is 1. The summed E-state index contributed by atoms with van der Waals surface area (Å²) in [4.78, 5) is 19.1. The van der Waals surface area contributed by atoms with Crippen LogP contribution in [0.5, 0.6) is 0 Å². The molecule has 2 aliphatic rings. The number of furan rings is 1. The monoisotopic (exact) mass is 567 g/mol. The maximum atomic E-state index is 12.3. The number of hydrogen-bond donors (Lipinski definition) is 3. The summed E-state index contributed by atoms with van der Waals surface area (Å²) < 4.78 is 11.2. The molecule has 8 nitrogen and oxygen atoms in total. The largest absolute Gasteiger partial charge is 0.468 e. The molecule has 33 heavy (non-hydrogen) atoms. The molecule has 4 rings (SSSR count). The van der Waals surface area contributed by atoms with Crippen LogP contribution in [-0.2, 0) is 16.1 Å². The Kier molecular flexibility index (Phi) is 10.0. The van der Waals surface area contributed by atoms with Gasteiger partial charge in [0.2, 0.25) is 0 Å². The first-order valence-electron chi connectivity index (χ1n) is 11.5. The summed E-state index contributed by atoms with van der Waals surface area (Å²) in [5.74, 6) is 1.63. The Balaban J connectivity index is 0.00000306. The van der Waals surface area contributed by atoms with Crippen LogP contribution in [0.4, 0.5) is 5.69 Å². The molecule has 0 radical (unpaired) electrons. The number of amides is 1. The van der Waals surface area contributed by atoms with Crippen LogP contribution in [0.15, 0.2) is 52.1 Å². The van der Waals surface area contributed by atoms with E-state index in [-0.39, 0.29) is 42.0 Å². The van der Waals surface area contributed by atoms with Gasteiger partial charge in [0.15, 0.2) is 5.96 Å². The maximum Gasteiger partial charge on any atom is 0.253 e. The number of nitrogens with zero attached hydrogens (tertiary/aromatic N) is 2. The third kappa shape index (κ3) is 7.18. The molecule has 3 heterocycles. The van der Waals surface area contributed by atoms with Gasteiger partial charge >= 0.3 is 0 Å². The predicted molar refractivity (Wildman–Crippen MR) is 140 cm³/mol. The predicted octanol–water partition coefficient (Wildman–Crippen LogP) is 3.52. The summed E-state index contributed by atoms with van der Waals surface area (Å²) in [6.07, 6.45) is 5.57. The number of ether oxygens (including phenoxy) is 1. The second-order valence-corrected chi connectivity index (χ2v) is 8.27. The molecule has 2 unspecified atom stereocenters. The normalized spacial score (nSPS) is 19.7. The lowest BCUT2D eigenvalue weighted by Crippen LogP contribution is -2.42. The lowest BCUT2D eigenvalue weighted by molar-refractivity contribution is -0.124. The molecule has 3 N–H and O–H groups in total. The molecule has 0 bridgehead atoms. The standard InChI is InChI=1S/C24H33N5O3.HI/c1-25-24(27-17-20(21-9-5-13-31-21)29-11-2-3-12-29)26-16-18-7-4-8-19(15-18)28-23(30)22-10-6-14-32-22;/h4-5,7-9,13,15,20,22H,2-3,6,10-12,14,16-17H2,1H3,(H,28,30)(H2,25,26,27);1H. The molecular weight excluding hydrogens is 533 g/mol. The fourth-order valence-corrected chi connectivity index (χ4v) is 4.31. The average molecular weight is 567 g/mol. The summed E-state index contributed by atoms with van der Waals surface area (Å²) in [5.41, 5.74) is 1.83. The number of nitrogens with one attached hydrogen (secondary N) is 3. The molecule has 1 aromatic heterocycles. The van der Waals surface area contributed by atoms with Crippen LogP contribution in [0.2, 0.25) is 0 Å². The third-order valence-electron chi connectivity index (χ3n) is 6.02. The Morgan fingerprint density at radius 2 is 2.03 bits per heavy atom. The molecule has 0 saturated carbocycles. The summed E-state index contributed by atoms with van der Waals surface area (Å²) in [7, 11) is 1.77. The van der Waals surface area contributed by atoms with E-state index in [1.54, 1.807) is 13.3 Å². The van der Waals surface area contributed by atoms with Crippen molar-refractivity contribution in [3.8, 4) is 0 Å². The van der Waals surface area contributed by atoms with Crippen LogP contribution in [0, 0.1) is 0 Å². The van der Waals surface area contributed by atoms with E-state index in [2.05, 4.69) is 25.8 Å². The lowest BCUT2D eigenvalue weighted by atomic mass is 10.2. The van der Waals surface area contributed by atoms with Gasteiger partial charge in [-0.3, -0.25) is 14.7 Å². The average Bonchev–Trinajstić information content (AvgIpc) is 3.59. The van der Waals surface area contributed by atoms with Crippen LogP contribution >= 0.6 is 24.0 Å². The quantitative estimate of drug-likeness (QED) is 0.257. The maximum absolute atomic E-state index is 12.3. The number of carbonyl (C=O) groups excluding carboxylic acids is 1. The summed E-state index contributed by atoms with van der Waals surface area (Å²) in [6, 6.07) is 12.0. The van der Waals surface area contributed by atoms with Crippen LogP contribution in [0.3, 0.4) is 0 Å². The van der Waals surface area contributed by atoms with Gasteiger partial charge in [0.25, 0.3) is 5.91 Å². The molecule has 1 aromatic carbocycles. The topological polar surface area (TPSA) is 91.1 Å². The Morgan fingerprint density at radius 1 is 1.18 bits per heavy atom. The Labute approximate surface area is 212 Å². The fourth-order valence-electron chi connectivity index (χ4n) is 4.31. The van der Waals surface area contributed by atoms with Gasteiger partial charge in [0.1, 0.15) is 11.9 Å². The van der Waals surface area contributed by atoms with Gasteiger partial charge in [0.05, 0.1) is 12.3 Å². The fraction of sp³-hybridized carbons (Fsp3) is 0.500. The molecule has 2 saturated heterocycles. The minimum atomic E-state index is -0.336. The molecule has 0 spiro atoms.